The average Bonchev–Trinajstić information content (AvgIpc) is 2.91. The summed E-state index contributed by atoms with van der Waals surface area (Å²) in [5, 5.41) is 19.2. The number of phenols is 1. The molecule has 0 saturated heterocycles. The molecule has 1 unspecified atom stereocenters. The molecule has 2 N–H and O–H groups in total. The fourth-order valence-electron chi connectivity index (χ4n) is 5.12. The molecule has 9 heteroatoms. The molecule has 0 bridgehead atoms. The van der Waals surface area contributed by atoms with Crippen LogP contribution in [0.25, 0.3) is 0 Å². The number of aliphatic hydroxyl groups is 1. The standard InChI is InChI=1S/C29H28F6O3/c1-2-3-21(36)20-10-9-18(25(31)27(20)33)15-4-6-16(7-5-15)19-11-13-23(29(35)26(19)32)38-14-17-8-12-22(37)28(34)24(17)30/h8-13,15-16,21,36-37H,2-7,14H2,1H3. The minimum Gasteiger partial charge on any atom is -0.505 e. The van der Waals surface area contributed by atoms with Crippen molar-refractivity contribution in [1.29, 1.82) is 0 Å². The van der Waals surface area contributed by atoms with Crippen LogP contribution in [-0.2, 0) is 6.61 Å². The highest BCUT2D eigenvalue weighted by atomic mass is 19.2. The molecular formula is C29H28F6O3. The van der Waals surface area contributed by atoms with Gasteiger partial charge in [0, 0.05) is 11.1 Å². The molecule has 3 nitrogen and oxygen atoms in total. The molecule has 1 aliphatic rings. The van der Waals surface area contributed by atoms with Crippen molar-refractivity contribution < 1.29 is 41.3 Å². The number of hydrogen-bond acceptors (Lipinski definition) is 3. The largest absolute Gasteiger partial charge is 0.505 e. The van der Waals surface area contributed by atoms with Gasteiger partial charge in [-0.1, -0.05) is 31.5 Å². The van der Waals surface area contributed by atoms with E-state index in [-0.39, 0.29) is 34.1 Å². The van der Waals surface area contributed by atoms with Crippen molar-refractivity contribution in [3.63, 3.8) is 0 Å². The van der Waals surface area contributed by atoms with Crippen molar-refractivity contribution in [1.82, 2.24) is 0 Å². The molecule has 0 aromatic heterocycles. The first kappa shape index (κ1) is 27.8. The van der Waals surface area contributed by atoms with Crippen LogP contribution >= 0.6 is 0 Å². The van der Waals surface area contributed by atoms with Crippen molar-refractivity contribution in [2.24, 2.45) is 0 Å². The van der Waals surface area contributed by atoms with Crippen LogP contribution in [0.15, 0.2) is 36.4 Å². The van der Waals surface area contributed by atoms with Gasteiger partial charge in [-0.25, -0.2) is 17.6 Å². The second kappa shape index (κ2) is 11.7. The highest BCUT2D eigenvalue weighted by Gasteiger charge is 2.30. The number of halogens is 6. The van der Waals surface area contributed by atoms with Crippen molar-refractivity contribution >= 4 is 0 Å². The average molecular weight is 539 g/mol. The highest BCUT2D eigenvalue weighted by Crippen LogP contribution is 2.43. The van der Waals surface area contributed by atoms with Gasteiger partial charge in [0.15, 0.2) is 34.8 Å². The van der Waals surface area contributed by atoms with E-state index < -0.39 is 59.1 Å². The van der Waals surface area contributed by atoms with E-state index >= 15 is 0 Å². The molecule has 0 heterocycles. The Balaban J connectivity index is 1.43. The second-order valence-corrected chi connectivity index (χ2v) is 9.67. The third-order valence-electron chi connectivity index (χ3n) is 7.27. The van der Waals surface area contributed by atoms with E-state index in [1.165, 1.54) is 24.3 Å². The topological polar surface area (TPSA) is 49.7 Å². The minimum absolute atomic E-state index is 0.0695. The molecule has 3 aromatic carbocycles. The monoisotopic (exact) mass is 538 g/mol. The Kier molecular flexibility index (Phi) is 8.55. The quantitative estimate of drug-likeness (QED) is 0.285. The van der Waals surface area contributed by atoms with Gasteiger partial charge < -0.3 is 14.9 Å². The summed E-state index contributed by atoms with van der Waals surface area (Å²) in [5.74, 6) is -9.22. The van der Waals surface area contributed by atoms with Crippen LogP contribution in [0.2, 0.25) is 0 Å². The number of ether oxygens (including phenoxy) is 1. The Morgan fingerprint density at radius 3 is 1.92 bits per heavy atom. The van der Waals surface area contributed by atoms with Gasteiger partial charge in [0.1, 0.15) is 6.61 Å². The highest BCUT2D eigenvalue weighted by molar-refractivity contribution is 5.36. The summed E-state index contributed by atoms with van der Waals surface area (Å²) in [4.78, 5) is 0. The number of rotatable bonds is 8. The Morgan fingerprint density at radius 2 is 1.32 bits per heavy atom. The lowest BCUT2D eigenvalue weighted by Gasteiger charge is -2.30. The second-order valence-electron chi connectivity index (χ2n) is 9.67. The van der Waals surface area contributed by atoms with Crippen LogP contribution in [0, 0.1) is 34.9 Å². The van der Waals surface area contributed by atoms with Crippen molar-refractivity contribution in [3.8, 4) is 11.5 Å². The molecule has 1 fully saturated rings. The minimum atomic E-state index is -1.46. The zero-order valence-corrected chi connectivity index (χ0v) is 20.7. The number of hydrogen-bond donors (Lipinski definition) is 2. The van der Waals surface area contributed by atoms with E-state index in [1.807, 2.05) is 6.92 Å². The van der Waals surface area contributed by atoms with Crippen molar-refractivity contribution in [2.75, 3.05) is 0 Å². The van der Waals surface area contributed by atoms with Crippen LogP contribution in [0.5, 0.6) is 11.5 Å². The first-order valence-electron chi connectivity index (χ1n) is 12.6. The van der Waals surface area contributed by atoms with Crippen molar-refractivity contribution in [3.05, 3.63) is 93.6 Å². The summed E-state index contributed by atoms with van der Waals surface area (Å²) < 4.78 is 91.7. The van der Waals surface area contributed by atoms with Gasteiger partial charge in [0.2, 0.25) is 11.6 Å². The maximum atomic E-state index is 14.9. The fraction of sp³-hybridized carbons (Fsp3) is 0.379. The molecule has 0 spiro atoms. The third-order valence-corrected chi connectivity index (χ3v) is 7.27. The lowest BCUT2D eigenvalue weighted by molar-refractivity contribution is 0.160. The van der Waals surface area contributed by atoms with Gasteiger partial charge >= 0.3 is 0 Å². The molecule has 1 atom stereocenters. The molecule has 3 aromatic rings. The summed E-state index contributed by atoms with van der Waals surface area (Å²) in [6, 6.07) is 7.49. The van der Waals surface area contributed by atoms with Gasteiger partial charge in [-0.15, -0.1) is 0 Å². The number of benzene rings is 3. The summed E-state index contributed by atoms with van der Waals surface area (Å²) in [7, 11) is 0. The van der Waals surface area contributed by atoms with Gasteiger partial charge in [0.05, 0.1) is 6.10 Å². The zero-order chi connectivity index (χ0) is 27.6. The van der Waals surface area contributed by atoms with Crippen LogP contribution in [0.4, 0.5) is 26.3 Å². The Hall–Kier alpha value is -3.20. The van der Waals surface area contributed by atoms with E-state index in [2.05, 4.69) is 0 Å². The number of aromatic hydroxyl groups is 1. The molecule has 204 valence electrons. The molecule has 1 saturated carbocycles. The van der Waals surface area contributed by atoms with Gasteiger partial charge in [-0.2, -0.15) is 8.78 Å². The lowest BCUT2D eigenvalue weighted by Crippen LogP contribution is -2.16. The van der Waals surface area contributed by atoms with Crippen molar-refractivity contribution in [2.45, 2.75) is 70.0 Å². The molecule has 0 aliphatic heterocycles. The molecule has 4 rings (SSSR count). The van der Waals surface area contributed by atoms with E-state index in [9.17, 15) is 36.6 Å². The Bertz CT molecular complexity index is 1300. The number of phenolic OH excluding ortho intramolecular Hbond substituents is 1. The van der Waals surface area contributed by atoms with Gasteiger partial charge in [0.25, 0.3) is 0 Å². The van der Waals surface area contributed by atoms with Crippen LogP contribution in [-0.4, -0.2) is 10.2 Å². The molecule has 1 aliphatic carbocycles. The predicted octanol–water partition coefficient (Wildman–Crippen LogP) is 8.08. The van der Waals surface area contributed by atoms with Crippen LogP contribution < -0.4 is 4.74 Å². The van der Waals surface area contributed by atoms with Crippen LogP contribution in [0.3, 0.4) is 0 Å². The SMILES string of the molecule is CCCC(O)c1ccc(C2CCC(c3ccc(OCc4ccc(O)c(F)c4F)c(F)c3F)CC2)c(F)c1F. The smallest absolute Gasteiger partial charge is 0.200 e. The molecular weight excluding hydrogens is 510 g/mol. The van der Waals surface area contributed by atoms with E-state index in [4.69, 9.17) is 4.74 Å². The van der Waals surface area contributed by atoms with Gasteiger partial charge in [-0.05, 0) is 73.3 Å². The zero-order valence-electron chi connectivity index (χ0n) is 20.7. The Labute approximate surface area is 216 Å². The Morgan fingerprint density at radius 1 is 0.737 bits per heavy atom. The summed E-state index contributed by atoms with van der Waals surface area (Å²) >= 11 is 0. The van der Waals surface area contributed by atoms with E-state index in [0.29, 0.717) is 38.5 Å². The number of aliphatic hydroxyl groups excluding tert-OH is 1. The maximum absolute atomic E-state index is 14.9. The van der Waals surface area contributed by atoms with Crippen LogP contribution in [0.1, 0.15) is 85.6 Å². The van der Waals surface area contributed by atoms with E-state index in [0.717, 1.165) is 12.1 Å². The van der Waals surface area contributed by atoms with Gasteiger partial charge in [-0.3, -0.25) is 0 Å². The lowest BCUT2D eigenvalue weighted by atomic mass is 9.75. The predicted molar refractivity (Wildman–Crippen MR) is 129 cm³/mol. The summed E-state index contributed by atoms with van der Waals surface area (Å²) in [5.41, 5.74) is -0.0134. The molecule has 38 heavy (non-hydrogen) atoms. The summed E-state index contributed by atoms with van der Waals surface area (Å²) in [6.45, 7) is 1.25. The fourth-order valence-corrected chi connectivity index (χ4v) is 5.12. The third kappa shape index (κ3) is 5.48. The maximum Gasteiger partial charge on any atom is 0.200 e. The normalized spacial score (nSPS) is 18.4. The molecule has 0 radical (unpaired) electrons. The molecule has 0 amide bonds. The van der Waals surface area contributed by atoms with E-state index in [1.54, 1.807) is 0 Å². The first-order valence-corrected chi connectivity index (χ1v) is 12.6. The first-order chi connectivity index (χ1) is 18.1. The summed E-state index contributed by atoms with van der Waals surface area (Å²) in [6.07, 6.45) is 1.56.